The van der Waals surface area contributed by atoms with Crippen LogP contribution >= 0.6 is 11.3 Å². The highest BCUT2D eigenvalue weighted by Crippen LogP contribution is 2.30. The van der Waals surface area contributed by atoms with Crippen molar-refractivity contribution in [1.29, 1.82) is 0 Å². The lowest BCUT2D eigenvalue weighted by Crippen LogP contribution is -2.43. The third kappa shape index (κ3) is 3.99. The number of carbonyl (C=O) groups is 1. The van der Waals surface area contributed by atoms with E-state index in [1.165, 1.54) is 11.3 Å². The maximum atomic E-state index is 13.0. The minimum atomic E-state index is -3.49. The number of carbonyl (C=O) groups excluding carboxylic acids is 1. The highest BCUT2D eigenvalue weighted by molar-refractivity contribution is 7.89. The Balaban J connectivity index is 1.64. The van der Waals surface area contributed by atoms with Gasteiger partial charge in [-0.2, -0.15) is 4.31 Å². The topological polar surface area (TPSA) is 92.5 Å². The standard InChI is InChI=1S/C17H23N3O4S2/c1-11-7-15(19-24-11)17(21)18-9-14-5-4-6-20(10-14)26(22,23)16-8-12(2)25-13(16)3/h7-8,14H,4-6,9-10H2,1-3H3,(H,18,21). The molecule has 2 aromatic rings. The van der Waals surface area contributed by atoms with Gasteiger partial charge in [0.05, 0.1) is 4.90 Å². The summed E-state index contributed by atoms with van der Waals surface area (Å²) in [6, 6.07) is 3.32. The van der Waals surface area contributed by atoms with Gasteiger partial charge in [-0.1, -0.05) is 5.16 Å². The first-order valence-corrected chi connectivity index (χ1v) is 10.8. The predicted molar refractivity (Wildman–Crippen MR) is 98.8 cm³/mol. The van der Waals surface area contributed by atoms with Crippen LogP contribution in [0.4, 0.5) is 0 Å². The minimum Gasteiger partial charge on any atom is -0.361 e. The summed E-state index contributed by atoms with van der Waals surface area (Å²) in [4.78, 5) is 14.3. The number of piperidine rings is 1. The Morgan fingerprint density at radius 3 is 2.77 bits per heavy atom. The molecule has 142 valence electrons. The first-order valence-electron chi connectivity index (χ1n) is 8.56. The van der Waals surface area contributed by atoms with Gasteiger partial charge in [0.25, 0.3) is 5.91 Å². The third-order valence-corrected chi connectivity index (χ3v) is 7.59. The first-order chi connectivity index (χ1) is 12.3. The van der Waals surface area contributed by atoms with Crippen molar-refractivity contribution >= 4 is 27.3 Å². The van der Waals surface area contributed by atoms with Crippen molar-refractivity contribution in [3.63, 3.8) is 0 Å². The Morgan fingerprint density at radius 2 is 2.15 bits per heavy atom. The van der Waals surface area contributed by atoms with Crippen molar-refractivity contribution < 1.29 is 17.7 Å². The molecule has 0 radical (unpaired) electrons. The third-order valence-electron chi connectivity index (χ3n) is 4.51. The molecule has 1 fully saturated rings. The van der Waals surface area contributed by atoms with Crippen LogP contribution in [0.15, 0.2) is 21.6 Å². The number of nitrogens with one attached hydrogen (secondary N) is 1. The van der Waals surface area contributed by atoms with E-state index < -0.39 is 10.0 Å². The summed E-state index contributed by atoms with van der Waals surface area (Å²) in [6.45, 7) is 6.82. The van der Waals surface area contributed by atoms with Gasteiger partial charge in [-0.25, -0.2) is 8.42 Å². The van der Waals surface area contributed by atoms with Crippen LogP contribution in [-0.2, 0) is 10.0 Å². The Morgan fingerprint density at radius 1 is 1.38 bits per heavy atom. The summed E-state index contributed by atoms with van der Waals surface area (Å²) >= 11 is 1.50. The smallest absolute Gasteiger partial charge is 0.273 e. The fourth-order valence-corrected chi connectivity index (χ4v) is 6.29. The normalized spacial score (nSPS) is 18.8. The van der Waals surface area contributed by atoms with Crippen LogP contribution in [-0.4, -0.2) is 43.4 Å². The van der Waals surface area contributed by atoms with E-state index in [1.807, 2.05) is 13.8 Å². The monoisotopic (exact) mass is 397 g/mol. The van der Waals surface area contributed by atoms with Crippen LogP contribution in [0.2, 0.25) is 0 Å². The number of aromatic nitrogens is 1. The zero-order valence-electron chi connectivity index (χ0n) is 15.1. The van der Waals surface area contributed by atoms with Gasteiger partial charge in [-0.3, -0.25) is 4.79 Å². The average molecular weight is 398 g/mol. The zero-order chi connectivity index (χ0) is 18.9. The molecule has 3 rings (SSSR count). The molecule has 1 aliphatic rings. The fourth-order valence-electron chi connectivity index (χ4n) is 3.22. The Bertz CT molecular complexity index is 901. The molecule has 0 aromatic carbocycles. The minimum absolute atomic E-state index is 0.0792. The van der Waals surface area contributed by atoms with Crippen molar-refractivity contribution in [1.82, 2.24) is 14.8 Å². The molecule has 0 spiro atoms. The lowest BCUT2D eigenvalue weighted by atomic mass is 10.00. The highest BCUT2D eigenvalue weighted by atomic mass is 32.2. The van der Waals surface area contributed by atoms with Gasteiger partial charge in [-0.15, -0.1) is 11.3 Å². The van der Waals surface area contributed by atoms with Gasteiger partial charge in [0, 0.05) is 35.5 Å². The van der Waals surface area contributed by atoms with Crippen LogP contribution in [0, 0.1) is 26.7 Å². The SMILES string of the molecule is Cc1cc(C(=O)NCC2CCCN(S(=O)(=O)c3cc(C)sc3C)C2)no1. The van der Waals surface area contributed by atoms with Crippen LogP contribution < -0.4 is 5.32 Å². The Labute approximate surface area is 157 Å². The fraction of sp³-hybridized carbons (Fsp3) is 0.529. The lowest BCUT2D eigenvalue weighted by Gasteiger charge is -2.32. The van der Waals surface area contributed by atoms with Gasteiger partial charge >= 0.3 is 0 Å². The second-order valence-electron chi connectivity index (χ2n) is 6.68. The van der Waals surface area contributed by atoms with Crippen LogP contribution in [0.1, 0.15) is 38.8 Å². The summed E-state index contributed by atoms with van der Waals surface area (Å²) in [5.41, 5.74) is 0.243. The molecule has 0 aliphatic carbocycles. The number of hydrogen-bond donors (Lipinski definition) is 1. The molecule has 1 saturated heterocycles. The maximum Gasteiger partial charge on any atom is 0.273 e. The van der Waals surface area contributed by atoms with Crippen LogP contribution in [0.5, 0.6) is 0 Å². The number of sulfonamides is 1. The molecule has 2 aromatic heterocycles. The van der Waals surface area contributed by atoms with Crippen LogP contribution in [0.3, 0.4) is 0 Å². The Kier molecular flexibility index (Phi) is 5.50. The molecule has 26 heavy (non-hydrogen) atoms. The maximum absolute atomic E-state index is 13.0. The zero-order valence-corrected chi connectivity index (χ0v) is 16.7. The summed E-state index contributed by atoms with van der Waals surface area (Å²) in [7, 11) is -3.49. The molecular formula is C17H23N3O4S2. The summed E-state index contributed by atoms with van der Waals surface area (Å²) < 4.78 is 32.4. The predicted octanol–water partition coefficient (Wildman–Crippen LogP) is 2.49. The van der Waals surface area contributed by atoms with Crippen molar-refractivity contribution in [3.05, 3.63) is 33.3 Å². The van der Waals surface area contributed by atoms with Crippen molar-refractivity contribution in [2.75, 3.05) is 19.6 Å². The van der Waals surface area contributed by atoms with Crippen molar-refractivity contribution in [2.45, 2.75) is 38.5 Å². The molecule has 9 heteroatoms. The van der Waals surface area contributed by atoms with Gasteiger partial charge in [-0.05, 0) is 45.6 Å². The molecule has 1 atom stereocenters. The molecular weight excluding hydrogens is 374 g/mol. The van der Waals surface area contributed by atoms with Crippen LogP contribution in [0.25, 0.3) is 0 Å². The highest BCUT2D eigenvalue weighted by Gasteiger charge is 2.32. The lowest BCUT2D eigenvalue weighted by molar-refractivity contribution is 0.0932. The second kappa shape index (κ2) is 7.50. The number of aryl methyl sites for hydroxylation is 3. The molecule has 1 amide bonds. The van der Waals surface area contributed by atoms with Gasteiger partial charge in [0.15, 0.2) is 5.69 Å². The summed E-state index contributed by atoms with van der Waals surface area (Å²) in [6.07, 6.45) is 1.66. The largest absolute Gasteiger partial charge is 0.361 e. The quantitative estimate of drug-likeness (QED) is 0.837. The van der Waals surface area contributed by atoms with E-state index in [2.05, 4.69) is 10.5 Å². The Hall–Kier alpha value is -1.71. The number of thiophene rings is 1. The van der Waals surface area contributed by atoms with E-state index in [0.29, 0.717) is 30.3 Å². The molecule has 3 heterocycles. The number of rotatable bonds is 5. The van der Waals surface area contributed by atoms with Gasteiger partial charge < -0.3 is 9.84 Å². The van der Waals surface area contributed by atoms with E-state index in [1.54, 1.807) is 23.4 Å². The molecule has 1 unspecified atom stereocenters. The molecule has 0 saturated carbocycles. The van der Waals surface area contributed by atoms with E-state index >= 15 is 0 Å². The van der Waals surface area contributed by atoms with Crippen molar-refractivity contribution in [3.8, 4) is 0 Å². The molecule has 1 N–H and O–H groups in total. The number of nitrogens with zero attached hydrogens (tertiary/aromatic N) is 2. The molecule has 1 aliphatic heterocycles. The average Bonchev–Trinajstić information content (AvgIpc) is 3.18. The van der Waals surface area contributed by atoms with E-state index in [0.717, 1.165) is 22.6 Å². The van der Waals surface area contributed by atoms with E-state index in [4.69, 9.17) is 4.52 Å². The van der Waals surface area contributed by atoms with Crippen molar-refractivity contribution in [2.24, 2.45) is 5.92 Å². The molecule has 7 nitrogen and oxygen atoms in total. The van der Waals surface area contributed by atoms with E-state index in [9.17, 15) is 13.2 Å². The first kappa shape index (κ1) is 19.1. The number of hydrogen-bond acceptors (Lipinski definition) is 6. The second-order valence-corrected chi connectivity index (χ2v) is 10.0. The number of amides is 1. The summed E-state index contributed by atoms with van der Waals surface area (Å²) in [5, 5.41) is 6.52. The van der Waals surface area contributed by atoms with Gasteiger partial charge in [0.2, 0.25) is 10.0 Å². The van der Waals surface area contributed by atoms with Gasteiger partial charge in [0.1, 0.15) is 5.76 Å². The summed E-state index contributed by atoms with van der Waals surface area (Å²) in [5.74, 6) is 0.355. The molecule has 0 bridgehead atoms. The van der Waals surface area contributed by atoms with E-state index in [-0.39, 0.29) is 17.5 Å².